The molecule has 0 amide bonds. The Hall–Kier alpha value is -1.85. The number of carboxylic acid groups (broad SMARTS) is 1. The van der Waals surface area contributed by atoms with Crippen molar-refractivity contribution < 1.29 is 19.1 Å². The second-order valence-corrected chi connectivity index (χ2v) is 4.93. The van der Waals surface area contributed by atoms with Crippen molar-refractivity contribution >= 4 is 16.9 Å². The van der Waals surface area contributed by atoms with Crippen LogP contribution in [-0.4, -0.2) is 30.8 Å². The zero-order valence-electron chi connectivity index (χ0n) is 12.2. The number of nitrogens with one attached hydrogen (secondary N) is 1. The number of aromatic carboxylic acids is 1. The summed E-state index contributed by atoms with van der Waals surface area (Å²) >= 11 is 0. The molecule has 1 aromatic heterocycles. The summed E-state index contributed by atoms with van der Waals surface area (Å²) in [6, 6.07) is 7.23. The maximum Gasteiger partial charge on any atom is 0.371 e. The predicted octanol–water partition coefficient (Wildman–Crippen LogP) is 3.04. The molecule has 0 atom stereocenters. The van der Waals surface area contributed by atoms with Crippen molar-refractivity contribution in [3.8, 4) is 0 Å². The summed E-state index contributed by atoms with van der Waals surface area (Å²) in [6.07, 6.45) is 2.25. The summed E-state index contributed by atoms with van der Waals surface area (Å²) < 4.78 is 10.7. The van der Waals surface area contributed by atoms with E-state index in [1.54, 1.807) is 12.1 Å². The van der Waals surface area contributed by atoms with Crippen LogP contribution in [0.4, 0.5) is 0 Å². The number of carboxylic acids is 1. The molecule has 0 bridgehead atoms. The Balaban J connectivity index is 1.81. The maximum absolute atomic E-state index is 10.9. The molecule has 0 unspecified atom stereocenters. The number of hydrogen-bond donors (Lipinski definition) is 2. The lowest BCUT2D eigenvalue weighted by atomic mass is 10.1. The van der Waals surface area contributed by atoms with Crippen molar-refractivity contribution in [2.75, 3.05) is 19.8 Å². The van der Waals surface area contributed by atoms with Crippen LogP contribution in [0.15, 0.2) is 28.7 Å². The van der Waals surface area contributed by atoms with Crippen molar-refractivity contribution in [3.63, 3.8) is 0 Å². The number of carbonyl (C=O) groups is 1. The molecule has 1 aromatic carbocycles. The quantitative estimate of drug-likeness (QED) is 0.695. The molecule has 0 spiro atoms. The highest BCUT2D eigenvalue weighted by molar-refractivity contribution is 5.91. The highest BCUT2D eigenvalue weighted by Gasteiger charge is 2.10. The Kier molecular flexibility index (Phi) is 5.78. The van der Waals surface area contributed by atoms with Crippen LogP contribution in [-0.2, 0) is 11.3 Å². The first-order valence-corrected chi connectivity index (χ1v) is 7.25. The molecular weight excluding hydrogens is 270 g/mol. The molecule has 0 aliphatic heterocycles. The van der Waals surface area contributed by atoms with E-state index in [9.17, 15) is 4.79 Å². The van der Waals surface area contributed by atoms with Gasteiger partial charge in [0.2, 0.25) is 5.76 Å². The fraction of sp³-hybridized carbons (Fsp3) is 0.438. The lowest BCUT2D eigenvalue weighted by Gasteiger charge is -2.06. The first-order valence-electron chi connectivity index (χ1n) is 7.25. The Morgan fingerprint density at radius 1 is 1.33 bits per heavy atom. The van der Waals surface area contributed by atoms with Crippen molar-refractivity contribution in [2.24, 2.45) is 0 Å². The fourth-order valence-corrected chi connectivity index (χ4v) is 2.03. The summed E-state index contributed by atoms with van der Waals surface area (Å²) in [6.45, 7) is 5.19. The molecule has 1 heterocycles. The topological polar surface area (TPSA) is 71.7 Å². The SMILES string of the molecule is CCCCOCCNCc1ccc2oc(C(=O)O)cc2c1. The van der Waals surface area contributed by atoms with E-state index >= 15 is 0 Å². The molecular formula is C16H21NO4. The van der Waals surface area contributed by atoms with E-state index in [1.807, 2.05) is 12.1 Å². The Labute approximate surface area is 123 Å². The number of furan rings is 1. The number of fused-ring (bicyclic) bond motifs is 1. The van der Waals surface area contributed by atoms with Crippen LogP contribution >= 0.6 is 0 Å². The fourth-order valence-electron chi connectivity index (χ4n) is 2.03. The Bertz CT molecular complexity index is 591. The van der Waals surface area contributed by atoms with Gasteiger partial charge in [-0.2, -0.15) is 0 Å². The molecule has 5 nitrogen and oxygen atoms in total. The van der Waals surface area contributed by atoms with Gasteiger partial charge in [0, 0.05) is 25.1 Å². The second kappa shape index (κ2) is 7.81. The zero-order chi connectivity index (χ0) is 15.1. The lowest BCUT2D eigenvalue weighted by Crippen LogP contribution is -2.19. The number of unbranched alkanes of at least 4 members (excludes halogenated alkanes) is 1. The van der Waals surface area contributed by atoms with E-state index < -0.39 is 5.97 Å². The molecule has 114 valence electrons. The van der Waals surface area contributed by atoms with Gasteiger partial charge in [0.15, 0.2) is 0 Å². The predicted molar refractivity (Wildman–Crippen MR) is 80.6 cm³/mol. The summed E-state index contributed by atoms with van der Waals surface area (Å²) in [5.74, 6) is -1.07. The number of benzene rings is 1. The van der Waals surface area contributed by atoms with Crippen molar-refractivity contribution in [1.82, 2.24) is 5.32 Å². The average Bonchev–Trinajstić information content (AvgIpc) is 2.90. The van der Waals surface area contributed by atoms with E-state index in [0.717, 1.165) is 43.5 Å². The molecule has 2 N–H and O–H groups in total. The Morgan fingerprint density at radius 3 is 2.95 bits per heavy atom. The Morgan fingerprint density at radius 2 is 2.19 bits per heavy atom. The second-order valence-electron chi connectivity index (χ2n) is 4.93. The van der Waals surface area contributed by atoms with Gasteiger partial charge in [0.05, 0.1) is 6.61 Å². The number of ether oxygens (including phenoxy) is 1. The molecule has 0 saturated heterocycles. The van der Waals surface area contributed by atoms with Crippen LogP contribution in [0.1, 0.15) is 35.9 Å². The van der Waals surface area contributed by atoms with Gasteiger partial charge in [0.1, 0.15) is 5.58 Å². The van der Waals surface area contributed by atoms with Crippen LogP contribution < -0.4 is 5.32 Å². The monoisotopic (exact) mass is 291 g/mol. The molecule has 2 rings (SSSR count). The lowest BCUT2D eigenvalue weighted by molar-refractivity contribution is 0.0665. The summed E-state index contributed by atoms with van der Waals surface area (Å²) in [5, 5.41) is 13.0. The minimum absolute atomic E-state index is 0.0283. The first-order chi connectivity index (χ1) is 10.2. The van der Waals surface area contributed by atoms with Crippen molar-refractivity contribution in [3.05, 3.63) is 35.6 Å². The van der Waals surface area contributed by atoms with Crippen molar-refractivity contribution in [2.45, 2.75) is 26.3 Å². The molecule has 0 saturated carbocycles. The van der Waals surface area contributed by atoms with Crippen LogP contribution in [0.3, 0.4) is 0 Å². The van der Waals surface area contributed by atoms with Gasteiger partial charge in [0.25, 0.3) is 0 Å². The van der Waals surface area contributed by atoms with Crippen LogP contribution in [0.25, 0.3) is 11.0 Å². The molecule has 2 aromatic rings. The third-order valence-electron chi connectivity index (χ3n) is 3.19. The summed E-state index contributed by atoms with van der Waals surface area (Å²) in [7, 11) is 0. The van der Waals surface area contributed by atoms with E-state index in [0.29, 0.717) is 12.2 Å². The van der Waals surface area contributed by atoms with Crippen LogP contribution in [0, 0.1) is 0 Å². The van der Waals surface area contributed by atoms with E-state index in [2.05, 4.69) is 12.2 Å². The molecule has 0 aliphatic carbocycles. The maximum atomic E-state index is 10.9. The molecule has 0 radical (unpaired) electrons. The van der Waals surface area contributed by atoms with Gasteiger partial charge in [-0.05, 0) is 30.2 Å². The highest BCUT2D eigenvalue weighted by Crippen LogP contribution is 2.20. The molecule has 5 heteroatoms. The molecule has 0 fully saturated rings. The molecule has 0 aliphatic rings. The standard InChI is InChI=1S/C16H21NO4/c1-2-3-7-20-8-6-17-11-12-4-5-14-13(9-12)10-15(21-14)16(18)19/h4-5,9-10,17H,2-3,6-8,11H2,1H3,(H,18,19). The van der Waals surface area contributed by atoms with Crippen LogP contribution in [0.5, 0.6) is 0 Å². The summed E-state index contributed by atoms with van der Waals surface area (Å²) in [4.78, 5) is 10.9. The molecule has 21 heavy (non-hydrogen) atoms. The average molecular weight is 291 g/mol. The highest BCUT2D eigenvalue weighted by atomic mass is 16.5. The van der Waals surface area contributed by atoms with Gasteiger partial charge >= 0.3 is 5.97 Å². The smallest absolute Gasteiger partial charge is 0.371 e. The van der Waals surface area contributed by atoms with E-state index in [1.165, 1.54) is 0 Å². The largest absolute Gasteiger partial charge is 0.475 e. The minimum atomic E-state index is -1.05. The van der Waals surface area contributed by atoms with Gasteiger partial charge in [-0.15, -0.1) is 0 Å². The van der Waals surface area contributed by atoms with Crippen molar-refractivity contribution in [1.29, 1.82) is 0 Å². The van der Waals surface area contributed by atoms with Crippen LogP contribution in [0.2, 0.25) is 0 Å². The third kappa shape index (κ3) is 4.58. The third-order valence-corrected chi connectivity index (χ3v) is 3.19. The van der Waals surface area contributed by atoms with E-state index in [-0.39, 0.29) is 5.76 Å². The minimum Gasteiger partial charge on any atom is -0.475 e. The summed E-state index contributed by atoms with van der Waals surface area (Å²) in [5.41, 5.74) is 1.69. The number of rotatable bonds is 9. The zero-order valence-corrected chi connectivity index (χ0v) is 12.2. The van der Waals surface area contributed by atoms with Gasteiger partial charge in [-0.25, -0.2) is 4.79 Å². The van der Waals surface area contributed by atoms with Gasteiger partial charge < -0.3 is 19.6 Å². The van der Waals surface area contributed by atoms with E-state index in [4.69, 9.17) is 14.3 Å². The van der Waals surface area contributed by atoms with Gasteiger partial charge in [-0.1, -0.05) is 19.4 Å². The first kappa shape index (κ1) is 15.5. The number of hydrogen-bond acceptors (Lipinski definition) is 4. The van der Waals surface area contributed by atoms with Gasteiger partial charge in [-0.3, -0.25) is 0 Å². The normalized spacial score (nSPS) is 11.1.